The summed E-state index contributed by atoms with van der Waals surface area (Å²) in [6, 6.07) is 6.35. The average molecular weight is 421 g/mol. The van der Waals surface area contributed by atoms with Crippen LogP contribution in [0.2, 0.25) is 0 Å². The SMILES string of the molecule is Cc1cc(NS(=O)(=O)c2cc(Br)ccc2N)cnc1Br. The van der Waals surface area contributed by atoms with Crippen molar-refractivity contribution in [1.82, 2.24) is 4.98 Å². The first-order valence-corrected chi connectivity index (χ1v) is 8.56. The summed E-state index contributed by atoms with van der Waals surface area (Å²) in [5, 5.41) is 0. The van der Waals surface area contributed by atoms with Crippen molar-refractivity contribution in [2.45, 2.75) is 11.8 Å². The van der Waals surface area contributed by atoms with Crippen LogP contribution >= 0.6 is 31.9 Å². The maximum absolute atomic E-state index is 12.3. The standard InChI is InChI=1S/C12H11Br2N3O2S/c1-7-4-9(6-16-12(7)14)17-20(18,19)11-5-8(13)2-3-10(11)15/h2-6,17H,15H2,1H3. The lowest BCUT2D eigenvalue weighted by Crippen LogP contribution is -2.15. The van der Waals surface area contributed by atoms with E-state index in [1.165, 1.54) is 18.3 Å². The summed E-state index contributed by atoms with van der Waals surface area (Å²) in [4.78, 5) is 4.07. The van der Waals surface area contributed by atoms with Crippen LogP contribution < -0.4 is 10.5 Å². The van der Waals surface area contributed by atoms with Gasteiger partial charge < -0.3 is 5.73 Å². The van der Waals surface area contributed by atoms with Gasteiger partial charge in [0, 0.05) is 4.47 Å². The Balaban J connectivity index is 2.40. The van der Waals surface area contributed by atoms with Crippen molar-refractivity contribution < 1.29 is 8.42 Å². The number of hydrogen-bond acceptors (Lipinski definition) is 4. The molecule has 0 saturated carbocycles. The molecular weight excluding hydrogens is 410 g/mol. The number of nitrogen functional groups attached to an aromatic ring is 1. The number of nitrogens with two attached hydrogens (primary N) is 1. The van der Waals surface area contributed by atoms with Crippen LogP contribution in [-0.2, 0) is 10.0 Å². The molecule has 1 aromatic heterocycles. The van der Waals surface area contributed by atoms with Crippen LogP contribution in [0.5, 0.6) is 0 Å². The van der Waals surface area contributed by atoms with Gasteiger partial charge in [-0.25, -0.2) is 13.4 Å². The summed E-state index contributed by atoms with van der Waals surface area (Å²) in [5.74, 6) is 0. The molecule has 8 heteroatoms. The summed E-state index contributed by atoms with van der Waals surface area (Å²) in [6.07, 6.45) is 1.43. The zero-order valence-corrected chi connectivity index (χ0v) is 14.4. The predicted octanol–water partition coefficient (Wildman–Crippen LogP) is 3.30. The van der Waals surface area contributed by atoms with Crippen LogP contribution in [0.1, 0.15) is 5.56 Å². The lowest BCUT2D eigenvalue weighted by molar-refractivity contribution is 0.601. The quantitative estimate of drug-likeness (QED) is 0.589. The van der Waals surface area contributed by atoms with E-state index in [2.05, 4.69) is 41.6 Å². The van der Waals surface area contributed by atoms with E-state index in [-0.39, 0.29) is 10.6 Å². The number of hydrogen-bond donors (Lipinski definition) is 2. The maximum Gasteiger partial charge on any atom is 0.264 e. The molecule has 1 aromatic carbocycles. The minimum absolute atomic E-state index is 0.0208. The van der Waals surface area contributed by atoms with Gasteiger partial charge in [-0.15, -0.1) is 0 Å². The van der Waals surface area contributed by atoms with Crippen LogP contribution in [0.3, 0.4) is 0 Å². The third-order valence-electron chi connectivity index (χ3n) is 2.53. The number of pyridine rings is 1. The van der Waals surface area contributed by atoms with Crippen LogP contribution in [0.4, 0.5) is 11.4 Å². The Bertz CT molecular complexity index is 763. The number of halogens is 2. The fraction of sp³-hybridized carbons (Fsp3) is 0.0833. The molecule has 0 saturated heterocycles. The van der Waals surface area contributed by atoms with Crippen molar-refractivity contribution in [1.29, 1.82) is 0 Å². The Hall–Kier alpha value is -1.12. The second-order valence-electron chi connectivity index (χ2n) is 4.12. The van der Waals surface area contributed by atoms with E-state index < -0.39 is 10.0 Å². The molecule has 0 aliphatic carbocycles. The highest BCUT2D eigenvalue weighted by atomic mass is 79.9. The summed E-state index contributed by atoms with van der Waals surface area (Å²) < 4.78 is 28.4. The molecule has 0 aliphatic heterocycles. The second-order valence-corrected chi connectivity index (χ2v) is 7.44. The van der Waals surface area contributed by atoms with Gasteiger partial charge in [0.25, 0.3) is 10.0 Å². The Labute approximate surface area is 133 Å². The first kappa shape index (κ1) is 15.3. The van der Waals surface area contributed by atoms with Crippen LogP contribution in [0.25, 0.3) is 0 Å². The number of anilines is 2. The minimum Gasteiger partial charge on any atom is -0.398 e. The molecule has 2 rings (SSSR count). The first-order chi connectivity index (χ1) is 9.29. The first-order valence-electron chi connectivity index (χ1n) is 5.49. The van der Waals surface area contributed by atoms with Crippen LogP contribution in [0, 0.1) is 6.92 Å². The van der Waals surface area contributed by atoms with Crippen LogP contribution in [-0.4, -0.2) is 13.4 Å². The normalized spacial score (nSPS) is 11.3. The number of aromatic nitrogens is 1. The van der Waals surface area contributed by atoms with E-state index in [0.29, 0.717) is 14.8 Å². The van der Waals surface area contributed by atoms with Crippen molar-refractivity contribution in [3.63, 3.8) is 0 Å². The molecule has 0 atom stereocenters. The molecule has 0 aliphatic rings. The van der Waals surface area contributed by atoms with E-state index in [1.807, 2.05) is 6.92 Å². The predicted molar refractivity (Wildman–Crippen MR) is 86.0 cm³/mol. The number of sulfonamides is 1. The van der Waals surface area contributed by atoms with Gasteiger partial charge in [-0.1, -0.05) is 15.9 Å². The number of nitrogens with zero attached hydrogens (tertiary/aromatic N) is 1. The van der Waals surface area contributed by atoms with Gasteiger partial charge in [-0.05, 0) is 52.7 Å². The maximum atomic E-state index is 12.3. The van der Waals surface area contributed by atoms with Crippen LogP contribution in [0.15, 0.2) is 44.4 Å². The van der Waals surface area contributed by atoms with Crippen molar-refractivity contribution in [3.8, 4) is 0 Å². The van der Waals surface area contributed by atoms with Crippen molar-refractivity contribution >= 4 is 53.3 Å². The number of benzene rings is 1. The zero-order chi connectivity index (χ0) is 14.9. The molecule has 0 spiro atoms. The zero-order valence-electron chi connectivity index (χ0n) is 10.4. The molecule has 20 heavy (non-hydrogen) atoms. The van der Waals surface area contributed by atoms with Gasteiger partial charge in [0.05, 0.1) is 17.6 Å². The minimum atomic E-state index is -3.76. The average Bonchev–Trinajstić information content (AvgIpc) is 2.36. The fourth-order valence-electron chi connectivity index (χ4n) is 1.56. The monoisotopic (exact) mass is 419 g/mol. The smallest absolute Gasteiger partial charge is 0.264 e. The third kappa shape index (κ3) is 3.31. The van der Waals surface area contributed by atoms with Gasteiger partial charge in [-0.3, -0.25) is 4.72 Å². The van der Waals surface area contributed by atoms with E-state index in [9.17, 15) is 8.42 Å². The molecule has 0 amide bonds. The summed E-state index contributed by atoms with van der Waals surface area (Å²) in [7, 11) is -3.76. The molecule has 2 aromatic rings. The Kier molecular flexibility index (Phi) is 4.36. The Morgan fingerprint density at radius 2 is 1.95 bits per heavy atom. The summed E-state index contributed by atoms with van der Waals surface area (Å²) in [6.45, 7) is 1.82. The van der Waals surface area contributed by atoms with E-state index in [0.717, 1.165) is 5.56 Å². The molecule has 0 bridgehead atoms. The molecule has 0 unspecified atom stereocenters. The van der Waals surface area contributed by atoms with Gasteiger partial charge >= 0.3 is 0 Å². The molecule has 1 heterocycles. The fourth-order valence-corrected chi connectivity index (χ4v) is 3.49. The molecule has 5 nitrogen and oxygen atoms in total. The van der Waals surface area contributed by atoms with Gasteiger partial charge in [0.1, 0.15) is 9.50 Å². The molecule has 106 valence electrons. The van der Waals surface area contributed by atoms with Gasteiger partial charge in [0.15, 0.2) is 0 Å². The molecular formula is C12H11Br2N3O2S. The van der Waals surface area contributed by atoms with E-state index in [4.69, 9.17) is 5.73 Å². The van der Waals surface area contributed by atoms with Crippen molar-refractivity contribution in [2.24, 2.45) is 0 Å². The lowest BCUT2D eigenvalue weighted by atomic mass is 10.3. The second kappa shape index (κ2) is 5.71. The number of rotatable bonds is 3. The molecule has 0 fully saturated rings. The largest absolute Gasteiger partial charge is 0.398 e. The van der Waals surface area contributed by atoms with Crippen molar-refractivity contribution in [3.05, 3.63) is 45.1 Å². The Morgan fingerprint density at radius 1 is 1.25 bits per heavy atom. The van der Waals surface area contributed by atoms with E-state index in [1.54, 1.807) is 12.1 Å². The molecule has 0 radical (unpaired) electrons. The van der Waals surface area contributed by atoms with Gasteiger partial charge in [0.2, 0.25) is 0 Å². The lowest BCUT2D eigenvalue weighted by Gasteiger charge is -2.11. The topological polar surface area (TPSA) is 85.1 Å². The highest BCUT2D eigenvalue weighted by Gasteiger charge is 2.18. The summed E-state index contributed by atoms with van der Waals surface area (Å²) >= 11 is 6.49. The number of aryl methyl sites for hydroxylation is 1. The highest BCUT2D eigenvalue weighted by Crippen LogP contribution is 2.26. The van der Waals surface area contributed by atoms with E-state index >= 15 is 0 Å². The third-order valence-corrected chi connectivity index (χ3v) is 5.29. The highest BCUT2D eigenvalue weighted by molar-refractivity contribution is 9.10. The summed E-state index contributed by atoms with van der Waals surface area (Å²) in [5.41, 5.74) is 7.11. The molecule has 3 N–H and O–H groups in total. The number of nitrogens with one attached hydrogen (secondary N) is 1. The Morgan fingerprint density at radius 3 is 2.60 bits per heavy atom. The van der Waals surface area contributed by atoms with Gasteiger partial charge in [-0.2, -0.15) is 0 Å². The van der Waals surface area contributed by atoms with Crippen molar-refractivity contribution in [2.75, 3.05) is 10.5 Å².